The summed E-state index contributed by atoms with van der Waals surface area (Å²) >= 11 is 5.87. The number of carbonyl (C=O) groups excluding carboxylic acids is 1. The molecular weight excluding hydrogens is 280 g/mol. The van der Waals surface area contributed by atoms with Gasteiger partial charge in [0.05, 0.1) is 12.2 Å². The Labute approximate surface area is 120 Å². The Hall–Kier alpha value is -1.92. The number of nitrogens with one attached hydrogen (secondary N) is 1. The average molecular weight is 293 g/mol. The van der Waals surface area contributed by atoms with Gasteiger partial charge in [-0.05, 0) is 17.7 Å². The fourth-order valence-corrected chi connectivity index (χ4v) is 2.07. The summed E-state index contributed by atoms with van der Waals surface area (Å²) in [4.78, 5) is 11.9. The molecule has 1 saturated heterocycles. The summed E-state index contributed by atoms with van der Waals surface area (Å²) in [6, 6.07) is 7.45. The number of rotatable bonds is 4. The highest BCUT2D eigenvalue weighted by Gasteiger charge is 2.22. The van der Waals surface area contributed by atoms with Crippen LogP contribution >= 0.6 is 11.6 Å². The van der Waals surface area contributed by atoms with Crippen LogP contribution in [0.5, 0.6) is 0 Å². The van der Waals surface area contributed by atoms with Crippen molar-refractivity contribution in [1.82, 2.24) is 20.3 Å². The summed E-state index contributed by atoms with van der Waals surface area (Å²) in [5, 5.41) is 11.5. The standard InChI is InChI=1S/C13H13ClN4O2/c14-10-3-1-2-9(4-10)8-20-13(19)12-7-18(17-16-12)11-5-15-6-11/h1-4,7,11,15H,5-6,8H2. The second-order valence-corrected chi connectivity index (χ2v) is 5.04. The van der Waals surface area contributed by atoms with Gasteiger partial charge in [-0.25, -0.2) is 9.48 Å². The quantitative estimate of drug-likeness (QED) is 0.864. The minimum atomic E-state index is -0.483. The molecule has 20 heavy (non-hydrogen) atoms. The minimum absolute atomic E-state index is 0.164. The van der Waals surface area contributed by atoms with Crippen molar-refractivity contribution in [2.24, 2.45) is 0 Å². The third-order valence-corrected chi connectivity index (χ3v) is 3.35. The molecule has 6 nitrogen and oxygen atoms in total. The maximum Gasteiger partial charge on any atom is 0.360 e. The number of halogens is 1. The monoisotopic (exact) mass is 292 g/mol. The van der Waals surface area contributed by atoms with Gasteiger partial charge in [0.25, 0.3) is 0 Å². The van der Waals surface area contributed by atoms with Crippen LogP contribution in [0.15, 0.2) is 30.5 Å². The molecule has 0 unspecified atom stereocenters. The lowest BCUT2D eigenvalue weighted by molar-refractivity contribution is 0.0465. The van der Waals surface area contributed by atoms with Gasteiger partial charge in [0, 0.05) is 18.1 Å². The third kappa shape index (κ3) is 2.81. The van der Waals surface area contributed by atoms with E-state index in [-0.39, 0.29) is 18.3 Å². The molecule has 1 aromatic heterocycles. The van der Waals surface area contributed by atoms with Crippen LogP contribution in [0.3, 0.4) is 0 Å². The minimum Gasteiger partial charge on any atom is -0.456 e. The summed E-state index contributed by atoms with van der Waals surface area (Å²) in [6.45, 7) is 1.86. The first-order chi connectivity index (χ1) is 9.72. The van der Waals surface area contributed by atoms with E-state index in [0.717, 1.165) is 18.7 Å². The molecule has 0 spiro atoms. The van der Waals surface area contributed by atoms with Gasteiger partial charge < -0.3 is 10.1 Å². The summed E-state index contributed by atoms with van der Waals surface area (Å²) in [6.07, 6.45) is 1.62. The second kappa shape index (κ2) is 5.60. The first-order valence-electron chi connectivity index (χ1n) is 6.26. The molecule has 0 radical (unpaired) electrons. The summed E-state index contributed by atoms with van der Waals surface area (Å²) < 4.78 is 6.87. The molecule has 2 heterocycles. The summed E-state index contributed by atoms with van der Waals surface area (Å²) in [5.41, 5.74) is 1.06. The van der Waals surface area contributed by atoms with Crippen molar-refractivity contribution in [2.75, 3.05) is 13.1 Å². The van der Waals surface area contributed by atoms with E-state index in [2.05, 4.69) is 15.6 Å². The van der Waals surface area contributed by atoms with Crippen LogP contribution in [-0.4, -0.2) is 34.1 Å². The SMILES string of the molecule is O=C(OCc1cccc(Cl)c1)c1cn(C2CNC2)nn1. The molecule has 1 aromatic carbocycles. The normalized spacial score (nSPS) is 14.8. The van der Waals surface area contributed by atoms with Crippen LogP contribution in [0, 0.1) is 0 Å². The molecule has 7 heteroatoms. The van der Waals surface area contributed by atoms with Crippen molar-refractivity contribution in [3.63, 3.8) is 0 Å². The topological polar surface area (TPSA) is 69.0 Å². The lowest BCUT2D eigenvalue weighted by Gasteiger charge is -2.26. The number of benzene rings is 1. The molecule has 1 fully saturated rings. The van der Waals surface area contributed by atoms with E-state index in [4.69, 9.17) is 16.3 Å². The molecule has 1 aliphatic heterocycles. The van der Waals surface area contributed by atoms with E-state index in [1.165, 1.54) is 0 Å². The fourth-order valence-electron chi connectivity index (χ4n) is 1.86. The van der Waals surface area contributed by atoms with Crippen LogP contribution < -0.4 is 5.32 Å². The Kier molecular flexibility index (Phi) is 3.66. The van der Waals surface area contributed by atoms with Crippen molar-refractivity contribution in [1.29, 1.82) is 0 Å². The zero-order valence-electron chi connectivity index (χ0n) is 10.6. The molecule has 0 aliphatic carbocycles. The maximum atomic E-state index is 11.9. The molecule has 0 atom stereocenters. The van der Waals surface area contributed by atoms with E-state index in [0.29, 0.717) is 5.02 Å². The lowest BCUT2D eigenvalue weighted by atomic mass is 10.2. The molecular formula is C13H13ClN4O2. The molecule has 3 rings (SSSR count). The first kappa shape index (κ1) is 13.1. The van der Waals surface area contributed by atoms with Crippen LogP contribution in [0.2, 0.25) is 5.02 Å². The van der Waals surface area contributed by atoms with E-state index in [1.54, 1.807) is 23.0 Å². The number of aromatic nitrogens is 3. The highest BCUT2D eigenvalue weighted by Crippen LogP contribution is 2.13. The van der Waals surface area contributed by atoms with Gasteiger partial charge >= 0.3 is 5.97 Å². The van der Waals surface area contributed by atoms with Crippen molar-refractivity contribution < 1.29 is 9.53 Å². The van der Waals surface area contributed by atoms with Crippen LogP contribution in [0.25, 0.3) is 0 Å². The Morgan fingerprint density at radius 3 is 3.05 bits per heavy atom. The molecule has 1 aliphatic rings. The van der Waals surface area contributed by atoms with Crippen LogP contribution in [0.4, 0.5) is 0 Å². The predicted molar refractivity (Wildman–Crippen MR) is 72.5 cm³/mol. The Morgan fingerprint density at radius 1 is 1.50 bits per heavy atom. The van der Waals surface area contributed by atoms with Crippen molar-refractivity contribution in [2.45, 2.75) is 12.6 Å². The van der Waals surface area contributed by atoms with E-state index < -0.39 is 5.97 Å². The van der Waals surface area contributed by atoms with Gasteiger partial charge in [-0.1, -0.05) is 28.9 Å². The van der Waals surface area contributed by atoms with E-state index in [1.807, 2.05) is 12.1 Å². The molecule has 2 aromatic rings. The van der Waals surface area contributed by atoms with E-state index in [9.17, 15) is 4.79 Å². The summed E-state index contributed by atoms with van der Waals surface area (Å²) in [5.74, 6) is -0.483. The van der Waals surface area contributed by atoms with Gasteiger partial charge in [-0.15, -0.1) is 5.10 Å². The number of carbonyl (C=O) groups is 1. The molecule has 104 valence electrons. The zero-order valence-corrected chi connectivity index (χ0v) is 11.4. The highest BCUT2D eigenvalue weighted by molar-refractivity contribution is 6.30. The maximum absolute atomic E-state index is 11.9. The van der Waals surface area contributed by atoms with Gasteiger partial charge in [-0.2, -0.15) is 0 Å². The largest absolute Gasteiger partial charge is 0.456 e. The second-order valence-electron chi connectivity index (χ2n) is 4.60. The van der Waals surface area contributed by atoms with E-state index >= 15 is 0 Å². The zero-order chi connectivity index (χ0) is 13.9. The van der Waals surface area contributed by atoms with Gasteiger partial charge in [-0.3, -0.25) is 0 Å². The molecule has 0 bridgehead atoms. The van der Waals surface area contributed by atoms with Gasteiger partial charge in [0.1, 0.15) is 6.61 Å². The number of ether oxygens (including phenoxy) is 1. The number of hydrogen-bond acceptors (Lipinski definition) is 5. The molecule has 1 N–H and O–H groups in total. The number of nitrogens with zero attached hydrogens (tertiary/aromatic N) is 3. The highest BCUT2D eigenvalue weighted by atomic mass is 35.5. The Bertz CT molecular complexity index is 624. The predicted octanol–water partition coefficient (Wildman–Crippen LogP) is 1.43. The van der Waals surface area contributed by atoms with Crippen molar-refractivity contribution in [3.8, 4) is 0 Å². The summed E-state index contributed by atoms with van der Waals surface area (Å²) in [7, 11) is 0. The van der Waals surface area contributed by atoms with Gasteiger partial charge in [0.15, 0.2) is 5.69 Å². The average Bonchev–Trinajstić information content (AvgIpc) is 2.83. The third-order valence-electron chi connectivity index (χ3n) is 3.11. The molecule has 0 amide bonds. The van der Waals surface area contributed by atoms with Crippen LogP contribution in [0.1, 0.15) is 22.1 Å². The lowest BCUT2D eigenvalue weighted by Crippen LogP contribution is -2.43. The van der Waals surface area contributed by atoms with Crippen molar-refractivity contribution >= 4 is 17.6 Å². The number of esters is 1. The smallest absolute Gasteiger partial charge is 0.360 e. The Morgan fingerprint density at radius 2 is 2.35 bits per heavy atom. The fraction of sp³-hybridized carbons (Fsp3) is 0.308. The van der Waals surface area contributed by atoms with Crippen molar-refractivity contribution in [3.05, 3.63) is 46.7 Å². The number of hydrogen-bond donors (Lipinski definition) is 1. The molecule has 0 saturated carbocycles. The first-order valence-corrected chi connectivity index (χ1v) is 6.64. The Balaban J connectivity index is 1.60. The van der Waals surface area contributed by atoms with Gasteiger partial charge in [0.2, 0.25) is 0 Å². The van der Waals surface area contributed by atoms with Crippen LogP contribution in [-0.2, 0) is 11.3 Å².